The molecule has 5 heteroatoms. The highest BCUT2D eigenvalue weighted by atomic mass is 35.5. The highest BCUT2D eigenvalue weighted by molar-refractivity contribution is 6.32. The number of Topliss-reactive ketones (excluding diaryl/α,β-unsaturated/α-hetero) is 1. The lowest BCUT2D eigenvalue weighted by Crippen LogP contribution is -2.16. The van der Waals surface area contributed by atoms with E-state index < -0.39 is 5.97 Å². The second-order valence-corrected chi connectivity index (χ2v) is 5.90. The van der Waals surface area contributed by atoms with Crippen molar-refractivity contribution in [2.24, 2.45) is 0 Å². The van der Waals surface area contributed by atoms with Crippen LogP contribution in [0.5, 0.6) is 0 Å². The molecule has 120 valence electrons. The molecule has 2 aromatic rings. The minimum Gasteiger partial charge on any atom is -0.454 e. The van der Waals surface area contributed by atoms with Crippen LogP contribution in [-0.2, 0) is 4.74 Å². The van der Waals surface area contributed by atoms with Crippen molar-refractivity contribution in [3.63, 3.8) is 0 Å². The first-order chi connectivity index (χ1) is 10.8. The lowest BCUT2D eigenvalue weighted by atomic mass is 10.0. The summed E-state index contributed by atoms with van der Waals surface area (Å²) in [6.07, 6.45) is 0. The summed E-state index contributed by atoms with van der Waals surface area (Å²) in [6, 6.07) is 7.13. The van der Waals surface area contributed by atoms with Crippen LogP contribution in [0.4, 0.5) is 0 Å². The number of rotatable bonds is 4. The lowest BCUT2D eigenvalue weighted by molar-refractivity contribution is 0.0473. The first-order valence-electron chi connectivity index (χ1n) is 7.21. The monoisotopic (exact) mass is 331 g/mol. The Balaban J connectivity index is 2.10. The van der Waals surface area contributed by atoms with Gasteiger partial charge in [-0.25, -0.2) is 9.78 Å². The fraction of sp³-hybridized carbons (Fsp3) is 0.278. The Hall–Kier alpha value is -2.20. The van der Waals surface area contributed by atoms with E-state index in [9.17, 15) is 9.59 Å². The number of halogens is 1. The number of ether oxygens (including phenoxy) is 1. The predicted octanol–water partition coefficient (Wildman–Crippen LogP) is 4.01. The highest BCUT2D eigenvalue weighted by Crippen LogP contribution is 2.20. The van der Waals surface area contributed by atoms with Gasteiger partial charge in [0.15, 0.2) is 12.4 Å². The van der Waals surface area contributed by atoms with Crippen LogP contribution in [0.1, 0.15) is 43.1 Å². The molecule has 23 heavy (non-hydrogen) atoms. The predicted molar refractivity (Wildman–Crippen MR) is 89.3 cm³/mol. The van der Waals surface area contributed by atoms with Gasteiger partial charge in [-0.3, -0.25) is 4.79 Å². The van der Waals surface area contributed by atoms with Crippen molar-refractivity contribution in [1.82, 2.24) is 4.98 Å². The molecule has 0 spiro atoms. The van der Waals surface area contributed by atoms with E-state index >= 15 is 0 Å². The second kappa shape index (κ2) is 6.92. The molecule has 0 N–H and O–H groups in total. The third-order valence-electron chi connectivity index (χ3n) is 3.67. The van der Waals surface area contributed by atoms with Gasteiger partial charge < -0.3 is 4.74 Å². The number of pyridine rings is 1. The van der Waals surface area contributed by atoms with E-state index in [4.69, 9.17) is 16.3 Å². The number of aromatic nitrogens is 1. The Labute approximate surface area is 140 Å². The molecule has 0 saturated heterocycles. The van der Waals surface area contributed by atoms with Gasteiger partial charge >= 0.3 is 5.97 Å². The van der Waals surface area contributed by atoms with Gasteiger partial charge in [-0.2, -0.15) is 0 Å². The van der Waals surface area contributed by atoms with Crippen LogP contribution >= 0.6 is 11.6 Å². The summed E-state index contributed by atoms with van der Waals surface area (Å²) in [7, 11) is 0. The Morgan fingerprint density at radius 2 is 1.74 bits per heavy atom. The van der Waals surface area contributed by atoms with Gasteiger partial charge in [-0.05, 0) is 56.5 Å². The number of ketones is 1. The molecule has 0 fully saturated rings. The summed E-state index contributed by atoms with van der Waals surface area (Å²) in [4.78, 5) is 28.3. The zero-order valence-electron chi connectivity index (χ0n) is 13.6. The number of carbonyl (C=O) groups excluding carboxylic acids is 2. The number of carbonyl (C=O) groups is 2. The molecule has 4 nitrogen and oxygen atoms in total. The second-order valence-electron chi connectivity index (χ2n) is 5.54. The van der Waals surface area contributed by atoms with E-state index in [0.29, 0.717) is 11.1 Å². The van der Waals surface area contributed by atoms with Crippen LogP contribution in [0.15, 0.2) is 24.3 Å². The zero-order valence-corrected chi connectivity index (χ0v) is 14.3. The van der Waals surface area contributed by atoms with Gasteiger partial charge in [0, 0.05) is 11.3 Å². The lowest BCUT2D eigenvalue weighted by Gasteiger charge is -2.09. The van der Waals surface area contributed by atoms with Crippen molar-refractivity contribution in [3.05, 3.63) is 62.9 Å². The number of benzene rings is 1. The standard InChI is InChI=1S/C18H18ClNO3/c1-10-5-6-14(8-11(10)2)15(21)9-23-18(22)16-12(3)7-13(4)20-17(16)19/h5-8H,9H2,1-4H3. The molecule has 1 aromatic heterocycles. The van der Waals surface area contributed by atoms with Crippen molar-refractivity contribution in [2.45, 2.75) is 27.7 Å². The van der Waals surface area contributed by atoms with Crippen LogP contribution < -0.4 is 0 Å². The molecular formula is C18H18ClNO3. The van der Waals surface area contributed by atoms with Gasteiger partial charge in [-0.15, -0.1) is 0 Å². The first kappa shape index (κ1) is 17.2. The first-order valence-corrected chi connectivity index (χ1v) is 7.58. The Morgan fingerprint density at radius 1 is 1.04 bits per heavy atom. The molecular weight excluding hydrogens is 314 g/mol. The molecule has 0 saturated carbocycles. The molecule has 2 rings (SSSR count). The van der Waals surface area contributed by atoms with Crippen LogP contribution in [-0.4, -0.2) is 23.3 Å². The molecule has 1 heterocycles. The van der Waals surface area contributed by atoms with Gasteiger partial charge in [0.25, 0.3) is 0 Å². The molecule has 1 aromatic carbocycles. The molecule has 0 unspecified atom stereocenters. The fourth-order valence-corrected chi connectivity index (χ4v) is 2.60. The molecule has 0 aliphatic rings. The minimum absolute atomic E-state index is 0.0890. The van der Waals surface area contributed by atoms with Crippen molar-refractivity contribution < 1.29 is 14.3 Å². The molecule has 0 aliphatic heterocycles. The number of esters is 1. The summed E-state index contributed by atoms with van der Waals surface area (Å²) in [6.45, 7) is 7.11. The average molecular weight is 332 g/mol. The summed E-state index contributed by atoms with van der Waals surface area (Å²) < 4.78 is 5.10. The summed E-state index contributed by atoms with van der Waals surface area (Å²) in [5.41, 5.74) is 4.23. The number of hydrogen-bond donors (Lipinski definition) is 0. The Morgan fingerprint density at radius 3 is 2.35 bits per heavy atom. The molecule has 0 atom stereocenters. The van der Waals surface area contributed by atoms with Crippen molar-refractivity contribution in [3.8, 4) is 0 Å². The normalized spacial score (nSPS) is 10.5. The van der Waals surface area contributed by atoms with Crippen molar-refractivity contribution in [1.29, 1.82) is 0 Å². The van der Waals surface area contributed by atoms with Gasteiger partial charge in [0.2, 0.25) is 0 Å². The van der Waals surface area contributed by atoms with Crippen molar-refractivity contribution in [2.75, 3.05) is 6.61 Å². The number of hydrogen-bond acceptors (Lipinski definition) is 4. The highest BCUT2D eigenvalue weighted by Gasteiger charge is 2.18. The summed E-state index contributed by atoms with van der Waals surface area (Å²) >= 11 is 6.00. The maximum Gasteiger partial charge on any atom is 0.342 e. The van der Waals surface area contributed by atoms with E-state index in [2.05, 4.69) is 4.98 Å². The van der Waals surface area contributed by atoms with Crippen LogP contribution in [0.25, 0.3) is 0 Å². The molecule has 0 bridgehead atoms. The average Bonchev–Trinajstić information content (AvgIpc) is 2.46. The smallest absolute Gasteiger partial charge is 0.342 e. The van der Waals surface area contributed by atoms with Crippen molar-refractivity contribution >= 4 is 23.4 Å². The van der Waals surface area contributed by atoms with E-state index in [1.54, 1.807) is 32.0 Å². The van der Waals surface area contributed by atoms with Gasteiger partial charge in [0.1, 0.15) is 5.15 Å². The molecule has 0 radical (unpaired) electrons. The van der Waals surface area contributed by atoms with E-state index in [1.807, 2.05) is 19.9 Å². The summed E-state index contributed by atoms with van der Waals surface area (Å²) in [5.74, 6) is -0.896. The van der Waals surface area contributed by atoms with Gasteiger partial charge in [-0.1, -0.05) is 23.7 Å². The Bertz CT molecular complexity index is 761. The number of aryl methyl sites for hydroxylation is 4. The van der Waals surface area contributed by atoms with Crippen LogP contribution in [0.2, 0.25) is 5.15 Å². The SMILES string of the molecule is Cc1cc(C)c(C(=O)OCC(=O)c2ccc(C)c(C)c2)c(Cl)n1. The molecule has 0 aliphatic carbocycles. The van der Waals surface area contributed by atoms with Crippen LogP contribution in [0.3, 0.4) is 0 Å². The quantitative estimate of drug-likeness (QED) is 0.482. The Kier molecular flexibility index (Phi) is 5.16. The molecule has 0 amide bonds. The minimum atomic E-state index is -0.641. The third kappa shape index (κ3) is 3.96. The fourth-order valence-electron chi connectivity index (χ4n) is 2.24. The number of nitrogens with zero attached hydrogens (tertiary/aromatic N) is 1. The third-order valence-corrected chi connectivity index (χ3v) is 3.94. The van der Waals surface area contributed by atoms with Crippen LogP contribution in [0, 0.1) is 27.7 Å². The maximum absolute atomic E-state index is 12.2. The summed E-state index contributed by atoms with van der Waals surface area (Å²) in [5, 5.41) is 0.0890. The van der Waals surface area contributed by atoms with E-state index in [0.717, 1.165) is 16.8 Å². The van der Waals surface area contributed by atoms with E-state index in [1.165, 1.54) is 0 Å². The van der Waals surface area contributed by atoms with Gasteiger partial charge in [0.05, 0.1) is 5.56 Å². The maximum atomic E-state index is 12.2. The zero-order chi connectivity index (χ0) is 17.1. The van der Waals surface area contributed by atoms with E-state index in [-0.39, 0.29) is 23.1 Å². The largest absolute Gasteiger partial charge is 0.454 e. The topological polar surface area (TPSA) is 56.3 Å².